The second-order valence-corrected chi connectivity index (χ2v) is 6.36. The first-order chi connectivity index (χ1) is 9.99. The van der Waals surface area contributed by atoms with Gasteiger partial charge in [-0.15, -0.1) is 0 Å². The number of aliphatic hydroxyl groups excluding tert-OH is 1. The highest BCUT2D eigenvalue weighted by molar-refractivity contribution is 5.75. The Morgan fingerprint density at radius 1 is 1.33 bits per heavy atom. The molecule has 4 nitrogen and oxygen atoms in total. The first-order valence-electron chi connectivity index (χ1n) is 7.77. The van der Waals surface area contributed by atoms with E-state index in [1.807, 2.05) is 37.3 Å². The van der Waals surface area contributed by atoms with E-state index >= 15 is 0 Å². The van der Waals surface area contributed by atoms with Crippen molar-refractivity contribution in [1.29, 1.82) is 0 Å². The lowest BCUT2D eigenvalue weighted by molar-refractivity contribution is 0.0426. The molecule has 0 spiro atoms. The Kier molecular flexibility index (Phi) is 5.23. The van der Waals surface area contributed by atoms with E-state index in [1.54, 1.807) is 4.90 Å². The van der Waals surface area contributed by atoms with Gasteiger partial charge >= 0.3 is 6.03 Å². The molecule has 1 aliphatic heterocycles. The Bertz CT molecular complexity index is 461. The minimum atomic E-state index is -0.418. The van der Waals surface area contributed by atoms with Crippen molar-refractivity contribution >= 4 is 6.03 Å². The summed E-state index contributed by atoms with van der Waals surface area (Å²) in [4.78, 5) is 14.2. The molecule has 2 N–H and O–H groups in total. The molecule has 4 heteroatoms. The number of hydrogen-bond donors (Lipinski definition) is 2. The van der Waals surface area contributed by atoms with Crippen molar-refractivity contribution in [3.05, 3.63) is 35.9 Å². The summed E-state index contributed by atoms with van der Waals surface area (Å²) in [5.74, 6) is 0.578. The van der Waals surface area contributed by atoms with Crippen molar-refractivity contribution in [3.63, 3.8) is 0 Å². The van der Waals surface area contributed by atoms with Crippen molar-refractivity contribution in [1.82, 2.24) is 10.2 Å². The molecule has 3 unspecified atom stereocenters. The number of rotatable bonds is 3. The maximum atomic E-state index is 12.4. The molecule has 3 atom stereocenters. The molecule has 0 bridgehead atoms. The molecule has 0 aromatic heterocycles. The third-order valence-electron chi connectivity index (χ3n) is 4.31. The van der Waals surface area contributed by atoms with Gasteiger partial charge in [-0.2, -0.15) is 0 Å². The van der Waals surface area contributed by atoms with Crippen LogP contribution in [0.1, 0.15) is 38.8 Å². The molecule has 116 valence electrons. The number of aliphatic hydroxyl groups is 1. The van der Waals surface area contributed by atoms with E-state index in [1.165, 1.54) is 0 Å². The Morgan fingerprint density at radius 3 is 2.57 bits per heavy atom. The van der Waals surface area contributed by atoms with Crippen LogP contribution in [0.25, 0.3) is 0 Å². The Morgan fingerprint density at radius 2 is 2.00 bits per heavy atom. The van der Waals surface area contributed by atoms with Crippen LogP contribution in [0.5, 0.6) is 0 Å². The fraction of sp³-hybridized carbons (Fsp3) is 0.588. The first-order valence-corrected chi connectivity index (χ1v) is 7.77. The van der Waals surface area contributed by atoms with Gasteiger partial charge in [0.2, 0.25) is 0 Å². The number of benzene rings is 1. The van der Waals surface area contributed by atoms with E-state index in [2.05, 4.69) is 19.2 Å². The number of hydrogen-bond acceptors (Lipinski definition) is 2. The molecular formula is C17H26N2O2. The number of carbonyl (C=O) groups excluding carboxylic acids is 1. The van der Waals surface area contributed by atoms with Crippen molar-refractivity contribution in [2.45, 2.75) is 39.3 Å². The zero-order valence-corrected chi connectivity index (χ0v) is 13.1. The predicted molar refractivity (Wildman–Crippen MR) is 83.9 cm³/mol. The number of likely N-dealkylation sites (tertiary alicyclic amines) is 1. The molecule has 1 heterocycles. The van der Waals surface area contributed by atoms with Crippen molar-refractivity contribution in [3.8, 4) is 0 Å². The predicted octanol–water partition coefficient (Wildman–Crippen LogP) is 2.80. The van der Waals surface area contributed by atoms with Gasteiger partial charge in [-0.1, -0.05) is 51.1 Å². The average Bonchev–Trinajstić information content (AvgIpc) is 2.48. The molecule has 1 aromatic carbocycles. The van der Waals surface area contributed by atoms with Gasteiger partial charge in [-0.05, 0) is 23.8 Å². The van der Waals surface area contributed by atoms with Crippen LogP contribution in [0.4, 0.5) is 4.79 Å². The maximum absolute atomic E-state index is 12.4. The molecule has 1 aliphatic rings. The van der Waals surface area contributed by atoms with Gasteiger partial charge in [0, 0.05) is 13.1 Å². The number of nitrogens with one attached hydrogen (secondary N) is 1. The van der Waals surface area contributed by atoms with Gasteiger partial charge in [0.25, 0.3) is 0 Å². The maximum Gasteiger partial charge on any atom is 0.317 e. The molecule has 1 saturated heterocycles. The third kappa shape index (κ3) is 3.97. The van der Waals surface area contributed by atoms with Gasteiger partial charge < -0.3 is 15.3 Å². The molecule has 0 aliphatic carbocycles. The zero-order valence-electron chi connectivity index (χ0n) is 13.1. The highest BCUT2D eigenvalue weighted by atomic mass is 16.3. The lowest BCUT2D eigenvalue weighted by Crippen LogP contribution is -2.50. The van der Waals surface area contributed by atoms with Crippen LogP contribution in [0.3, 0.4) is 0 Å². The van der Waals surface area contributed by atoms with Gasteiger partial charge in [0.15, 0.2) is 0 Å². The molecule has 2 rings (SSSR count). The largest absolute Gasteiger partial charge is 0.391 e. The Balaban J connectivity index is 2.02. The summed E-state index contributed by atoms with van der Waals surface area (Å²) < 4.78 is 0. The second kappa shape index (κ2) is 6.94. The van der Waals surface area contributed by atoms with E-state index in [0.29, 0.717) is 19.0 Å². The molecule has 0 saturated carbocycles. The highest BCUT2D eigenvalue weighted by Crippen LogP contribution is 2.23. The van der Waals surface area contributed by atoms with Gasteiger partial charge in [-0.25, -0.2) is 4.79 Å². The number of β-amino-alcohol motifs (C(OH)–C–C–N with tert-alkyl or cyclic N) is 1. The highest BCUT2D eigenvalue weighted by Gasteiger charge is 2.29. The van der Waals surface area contributed by atoms with Crippen LogP contribution >= 0.6 is 0 Å². The topological polar surface area (TPSA) is 52.6 Å². The van der Waals surface area contributed by atoms with Gasteiger partial charge in [-0.3, -0.25) is 0 Å². The number of urea groups is 1. The lowest BCUT2D eigenvalue weighted by Gasteiger charge is -2.35. The molecule has 0 radical (unpaired) electrons. The summed E-state index contributed by atoms with van der Waals surface area (Å²) in [6.45, 7) is 7.37. The Hall–Kier alpha value is -1.55. The van der Waals surface area contributed by atoms with E-state index in [9.17, 15) is 9.90 Å². The molecule has 21 heavy (non-hydrogen) atoms. The molecular weight excluding hydrogens is 264 g/mol. The van der Waals surface area contributed by atoms with E-state index < -0.39 is 6.10 Å². The van der Waals surface area contributed by atoms with Crippen molar-refractivity contribution in [2.24, 2.45) is 11.8 Å². The fourth-order valence-electron chi connectivity index (χ4n) is 2.75. The van der Waals surface area contributed by atoms with Crippen LogP contribution in [-0.4, -0.2) is 35.2 Å². The number of amides is 2. The zero-order chi connectivity index (χ0) is 15.4. The lowest BCUT2D eigenvalue weighted by atomic mass is 9.95. The first kappa shape index (κ1) is 15.8. The van der Waals surface area contributed by atoms with Crippen LogP contribution in [0.2, 0.25) is 0 Å². The van der Waals surface area contributed by atoms with Crippen LogP contribution in [0.15, 0.2) is 30.3 Å². The summed E-state index contributed by atoms with van der Waals surface area (Å²) >= 11 is 0. The van der Waals surface area contributed by atoms with Gasteiger partial charge in [0.05, 0.1) is 12.1 Å². The summed E-state index contributed by atoms with van der Waals surface area (Å²) in [6, 6.07) is 9.95. The van der Waals surface area contributed by atoms with E-state index in [-0.39, 0.29) is 18.0 Å². The van der Waals surface area contributed by atoms with Crippen LogP contribution < -0.4 is 5.32 Å². The average molecular weight is 290 g/mol. The van der Waals surface area contributed by atoms with E-state index in [4.69, 9.17) is 0 Å². The standard InChI is InChI=1S/C17H26N2O2/c1-12(2)16(14-7-5-4-6-8-14)18-17(21)19-10-9-13(3)15(20)11-19/h4-8,12-13,15-16,20H,9-11H2,1-3H3,(H,18,21). The second-order valence-electron chi connectivity index (χ2n) is 6.36. The number of piperidine rings is 1. The quantitative estimate of drug-likeness (QED) is 0.899. The SMILES string of the molecule is CC(C)C(NC(=O)N1CCC(C)C(O)C1)c1ccccc1. The summed E-state index contributed by atoms with van der Waals surface area (Å²) in [5, 5.41) is 13.0. The minimum absolute atomic E-state index is 0.00445. The third-order valence-corrected chi connectivity index (χ3v) is 4.31. The normalized spacial score (nSPS) is 24.0. The van der Waals surface area contributed by atoms with E-state index in [0.717, 1.165) is 12.0 Å². The Labute approximate surface area is 127 Å². The number of nitrogens with zero attached hydrogens (tertiary/aromatic N) is 1. The van der Waals surface area contributed by atoms with Crippen LogP contribution in [0, 0.1) is 11.8 Å². The van der Waals surface area contributed by atoms with Crippen LogP contribution in [-0.2, 0) is 0 Å². The van der Waals surface area contributed by atoms with Crippen molar-refractivity contribution in [2.75, 3.05) is 13.1 Å². The summed E-state index contributed by atoms with van der Waals surface area (Å²) in [6.07, 6.45) is 0.436. The molecule has 1 fully saturated rings. The summed E-state index contributed by atoms with van der Waals surface area (Å²) in [7, 11) is 0. The summed E-state index contributed by atoms with van der Waals surface area (Å²) in [5.41, 5.74) is 1.12. The minimum Gasteiger partial charge on any atom is -0.391 e. The number of carbonyl (C=O) groups is 1. The van der Waals surface area contributed by atoms with Crippen molar-refractivity contribution < 1.29 is 9.90 Å². The molecule has 2 amide bonds. The fourth-order valence-corrected chi connectivity index (χ4v) is 2.75. The monoisotopic (exact) mass is 290 g/mol. The van der Waals surface area contributed by atoms with Gasteiger partial charge in [0.1, 0.15) is 0 Å². The smallest absolute Gasteiger partial charge is 0.317 e. The molecule has 1 aromatic rings.